The Morgan fingerprint density at radius 2 is 2.11 bits per heavy atom. The van der Waals surface area contributed by atoms with E-state index in [-0.39, 0.29) is 0 Å². The van der Waals surface area contributed by atoms with E-state index in [1.165, 1.54) is 25.7 Å². The third-order valence-electron chi connectivity index (χ3n) is 3.02. The van der Waals surface area contributed by atoms with Crippen molar-refractivity contribution in [3.8, 4) is 0 Å². The highest BCUT2D eigenvalue weighted by molar-refractivity contribution is 14.1. The van der Waals surface area contributed by atoms with Gasteiger partial charge in [0.2, 0.25) is 0 Å². The van der Waals surface area contributed by atoms with E-state index in [9.17, 15) is 0 Å². The highest BCUT2D eigenvalue weighted by Gasteiger charge is 2.17. The molecule has 0 atom stereocenters. The Labute approximate surface area is 126 Å². The molecule has 1 heterocycles. The first-order valence-corrected chi connectivity index (χ1v) is 8.24. The zero-order valence-electron chi connectivity index (χ0n) is 10.5. The normalized spacial score (nSPS) is 16.3. The van der Waals surface area contributed by atoms with Gasteiger partial charge in [-0.3, -0.25) is 0 Å². The quantitative estimate of drug-likeness (QED) is 0.798. The van der Waals surface area contributed by atoms with E-state index >= 15 is 0 Å². The van der Waals surface area contributed by atoms with Gasteiger partial charge in [-0.2, -0.15) is 11.8 Å². The summed E-state index contributed by atoms with van der Waals surface area (Å²) in [6.07, 6.45) is 5.38. The van der Waals surface area contributed by atoms with Crippen molar-refractivity contribution in [2.45, 2.75) is 43.3 Å². The SMILES string of the molecule is COCc1nc(CSC2CCCC2)nc(N)c1I. The molecule has 0 spiro atoms. The van der Waals surface area contributed by atoms with Gasteiger partial charge in [0, 0.05) is 12.4 Å². The number of aromatic nitrogens is 2. The van der Waals surface area contributed by atoms with Gasteiger partial charge in [-0.1, -0.05) is 12.8 Å². The maximum Gasteiger partial charge on any atom is 0.141 e. The van der Waals surface area contributed by atoms with Crippen LogP contribution < -0.4 is 5.73 Å². The molecule has 1 aromatic heterocycles. The molecule has 100 valence electrons. The van der Waals surface area contributed by atoms with Crippen LogP contribution in [0.15, 0.2) is 0 Å². The van der Waals surface area contributed by atoms with Crippen LogP contribution in [0.5, 0.6) is 0 Å². The van der Waals surface area contributed by atoms with Crippen LogP contribution in [-0.2, 0) is 17.1 Å². The van der Waals surface area contributed by atoms with E-state index in [4.69, 9.17) is 10.5 Å². The molecule has 1 saturated carbocycles. The topological polar surface area (TPSA) is 61.0 Å². The van der Waals surface area contributed by atoms with E-state index in [1.54, 1.807) is 7.11 Å². The molecule has 6 heteroatoms. The van der Waals surface area contributed by atoms with E-state index < -0.39 is 0 Å². The van der Waals surface area contributed by atoms with Gasteiger partial charge in [0.15, 0.2) is 0 Å². The summed E-state index contributed by atoms with van der Waals surface area (Å²) in [6.45, 7) is 0.492. The Bertz CT molecular complexity index is 411. The summed E-state index contributed by atoms with van der Waals surface area (Å²) in [6, 6.07) is 0. The number of nitrogens with two attached hydrogens (primary N) is 1. The van der Waals surface area contributed by atoms with Crippen LogP contribution in [0.4, 0.5) is 5.82 Å². The van der Waals surface area contributed by atoms with Crippen LogP contribution in [0.25, 0.3) is 0 Å². The average molecular weight is 379 g/mol. The second kappa shape index (κ2) is 6.91. The molecule has 0 aromatic carbocycles. The molecule has 0 amide bonds. The van der Waals surface area contributed by atoms with Gasteiger partial charge in [0.1, 0.15) is 11.6 Å². The van der Waals surface area contributed by atoms with Gasteiger partial charge in [-0.15, -0.1) is 0 Å². The fourth-order valence-electron chi connectivity index (χ4n) is 2.11. The monoisotopic (exact) mass is 379 g/mol. The van der Waals surface area contributed by atoms with E-state index in [0.29, 0.717) is 12.4 Å². The molecular formula is C12H18IN3OS. The number of methoxy groups -OCH3 is 1. The number of nitrogens with zero attached hydrogens (tertiary/aromatic N) is 2. The smallest absolute Gasteiger partial charge is 0.141 e. The first-order valence-electron chi connectivity index (χ1n) is 6.12. The summed E-state index contributed by atoms with van der Waals surface area (Å²) in [5, 5.41) is 0.778. The Kier molecular flexibility index (Phi) is 5.50. The van der Waals surface area contributed by atoms with Crippen molar-refractivity contribution in [2.75, 3.05) is 12.8 Å². The summed E-state index contributed by atoms with van der Waals surface area (Å²) >= 11 is 4.13. The van der Waals surface area contributed by atoms with Crippen molar-refractivity contribution in [3.63, 3.8) is 0 Å². The minimum atomic E-state index is 0.492. The molecule has 0 unspecified atom stereocenters. The number of hydrogen-bond donors (Lipinski definition) is 1. The molecule has 2 N–H and O–H groups in total. The van der Waals surface area contributed by atoms with Gasteiger partial charge >= 0.3 is 0 Å². The van der Waals surface area contributed by atoms with E-state index in [1.807, 2.05) is 11.8 Å². The third-order valence-corrected chi connectivity index (χ3v) is 5.57. The maximum absolute atomic E-state index is 5.91. The molecule has 1 fully saturated rings. The lowest BCUT2D eigenvalue weighted by molar-refractivity contribution is 0.180. The van der Waals surface area contributed by atoms with Gasteiger partial charge in [0.05, 0.1) is 21.6 Å². The fourth-order valence-corrected chi connectivity index (χ4v) is 3.69. The molecule has 0 radical (unpaired) electrons. The summed E-state index contributed by atoms with van der Waals surface area (Å²) in [5.74, 6) is 2.25. The predicted octanol–water partition coefficient (Wildman–Crippen LogP) is 2.99. The third kappa shape index (κ3) is 3.71. The number of anilines is 1. The van der Waals surface area contributed by atoms with Crippen molar-refractivity contribution >= 4 is 40.2 Å². The molecule has 0 aliphatic heterocycles. The average Bonchev–Trinajstić information content (AvgIpc) is 2.86. The van der Waals surface area contributed by atoms with Crippen LogP contribution in [0.1, 0.15) is 37.2 Å². The molecular weight excluding hydrogens is 361 g/mol. The fraction of sp³-hybridized carbons (Fsp3) is 0.667. The minimum Gasteiger partial charge on any atom is -0.383 e. The molecule has 0 bridgehead atoms. The number of nitrogen functional groups attached to an aromatic ring is 1. The molecule has 1 aliphatic rings. The van der Waals surface area contributed by atoms with Gasteiger partial charge in [-0.05, 0) is 35.4 Å². The Morgan fingerprint density at radius 3 is 2.78 bits per heavy atom. The van der Waals surface area contributed by atoms with E-state index in [2.05, 4.69) is 32.6 Å². The second-order valence-electron chi connectivity index (χ2n) is 4.44. The molecule has 18 heavy (non-hydrogen) atoms. The van der Waals surface area contributed by atoms with Crippen molar-refractivity contribution < 1.29 is 4.74 Å². The first kappa shape index (κ1) is 14.3. The zero-order chi connectivity index (χ0) is 13.0. The van der Waals surface area contributed by atoms with Crippen molar-refractivity contribution in [2.24, 2.45) is 0 Å². The number of hydrogen-bond acceptors (Lipinski definition) is 5. The van der Waals surface area contributed by atoms with Crippen molar-refractivity contribution in [3.05, 3.63) is 15.1 Å². The molecule has 4 nitrogen and oxygen atoms in total. The lowest BCUT2D eigenvalue weighted by atomic mass is 10.4. The van der Waals surface area contributed by atoms with Crippen molar-refractivity contribution in [1.29, 1.82) is 0 Å². The number of halogens is 1. The number of rotatable bonds is 5. The lowest BCUT2D eigenvalue weighted by Crippen LogP contribution is -2.08. The standard InChI is InChI=1S/C12H18IN3OS/c1-17-6-9-11(13)12(14)16-10(15-9)7-18-8-4-2-3-5-8/h8H,2-7H2,1H3,(H2,14,15,16). The van der Waals surface area contributed by atoms with Crippen LogP contribution in [0.3, 0.4) is 0 Å². The summed E-state index contributed by atoms with van der Waals surface area (Å²) < 4.78 is 6.05. The van der Waals surface area contributed by atoms with Crippen LogP contribution in [0, 0.1) is 3.57 Å². The molecule has 0 saturated heterocycles. The first-order chi connectivity index (χ1) is 8.70. The van der Waals surface area contributed by atoms with Crippen LogP contribution in [-0.4, -0.2) is 22.3 Å². The van der Waals surface area contributed by atoms with E-state index in [0.717, 1.165) is 26.1 Å². The van der Waals surface area contributed by atoms with Gasteiger partial charge < -0.3 is 10.5 Å². The summed E-state index contributed by atoms with van der Waals surface area (Å²) in [4.78, 5) is 8.90. The van der Waals surface area contributed by atoms with Crippen LogP contribution >= 0.6 is 34.4 Å². The summed E-state index contributed by atoms with van der Waals surface area (Å²) in [7, 11) is 1.67. The van der Waals surface area contributed by atoms with Crippen molar-refractivity contribution in [1.82, 2.24) is 9.97 Å². The van der Waals surface area contributed by atoms with Gasteiger partial charge in [0.25, 0.3) is 0 Å². The summed E-state index contributed by atoms with van der Waals surface area (Å²) in [5.41, 5.74) is 6.81. The highest BCUT2D eigenvalue weighted by Crippen LogP contribution is 2.31. The predicted molar refractivity (Wildman–Crippen MR) is 83.4 cm³/mol. The Morgan fingerprint density at radius 1 is 1.39 bits per heavy atom. The maximum atomic E-state index is 5.91. The van der Waals surface area contributed by atoms with Gasteiger partial charge in [-0.25, -0.2) is 9.97 Å². The Balaban J connectivity index is 2.02. The molecule has 1 aliphatic carbocycles. The second-order valence-corrected chi connectivity index (χ2v) is 6.80. The molecule has 1 aromatic rings. The number of ether oxygens (including phenoxy) is 1. The highest BCUT2D eigenvalue weighted by atomic mass is 127. The lowest BCUT2D eigenvalue weighted by Gasteiger charge is -2.10. The largest absolute Gasteiger partial charge is 0.383 e. The minimum absolute atomic E-state index is 0.492. The number of thioether (sulfide) groups is 1. The zero-order valence-corrected chi connectivity index (χ0v) is 13.5. The van der Waals surface area contributed by atoms with Crippen LogP contribution in [0.2, 0.25) is 0 Å². The Hall–Kier alpha value is -0.0800. The molecule has 2 rings (SSSR count).